The van der Waals surface area contributed by atoms with E-state index in [1.165, 1.54) is 23.9 Å². The van der Waals surface area contributed by atoms with Crippen molar-refractivity contribution in [3.8, 4) is 0 Å². The lowest BCUT2D eigenvalue weighted by Crippen LogP contribution is -2.25. The van der Waals surface area contributed by atoms with Crippen LogP contribution in [0.1, 0.15) is 6.42 Å². The number of rotatable bonds is 7. The standard InChI is InChI=1S/C15H14F3NO2S2/c16-11-2-4-14(5-3-11)22-7-1-6-19-23(20,21)15-9-12(17)8-13(18)10-15/h2-5,8-10,19H,1,6-7H2. The number of thioether (sulfide) groups is 1. The zero-order valence-electron chi connectivity index (χ0n) is 11.9. The number of hydrogen-bond acceptors (Lipinski definition) is 3. The van der Waals surface area contributed by atoms with Crippen LogP contribution in [0.5, 0.6) is 0 Å². The van der Waals surface area contributed by atoms with Gasteiger partial charge in [-0.15, -0.1) is 11.8 Å². The van der Waals surface area contributed by atoms with E-state index in [-0.39, 0.29) is 12.4 Å². The molecule has 0 fully saturated rings. The molecule has 0 heterocycles. The minimum atomic E-state index is -3.94. The van der Waals surface area contributed by atoms with E-state index in [1.54, 1.807) is 12.1 Å². The molecule has 0 aromatic heterocycles. The van der Waals surface area contributed by atoms with Crippen LogP contribution in [0, 0.1) is 17.5 Å². The van der Waals surface area contributed by atoms with Crippen molar-refractivity contribution in [1.82, 2.24) is 4.72 Å². The molecule has 2 aromatic carbocycles. The van der Waals surface area contributed by atoms with Gasteiger partial charge in [-0.3, -0.25) is 0 Å². The Bertz CT molecular complexity index is 745. The van der Waals surface area contributed by atoms with Gasteiger partial charge in [0.15, 0.2) is 0 Å². The van der Waals surface area contributed by atoms with E-state index >= 15 is 0 Å². The van der Waals surface area contributed by atoms with E-state index in [0.717, 1.165) is 17.0 Å². The van der Waals surface area contributed by atoms with Crippen molar-refractivity contribution in [2.75, 3.05) is 12.3 Å². The molecule has 0 radical (unpaired) electrons. The maximum absolute atomic E-state index is 13.1. The molecule has 0 spiro atoms. The Morgan fingerprint density at radius 1 is 0.913 bits per heavy atom. The Labute approximate surface area is 137 Å². The Morgan fingerprint density at radius 2 is 1.52 bits per heavy atom. The van der Waals surface area contributed by atoms with Gasteiger partial charge in [0.25, 0.3) is 0 Å². The van der Waals surface area contributed by atoms with Crippen molar-refractivity contribution in [3.05, 3.63) is 59.9 Å². The molecular formula is C15H14F3NO2S2. The van der Waals surface area contributed by atoms with Gasteiger partial charge >= 0.3 is 0 Å². The van der Waals surface area contributed by atoms with E-state index in [1.807, 2.05) is 0 Å². The van der Waals surface area contributed by atoms with Crippen LogP contribution < -0.4 is 4.72 Å². The molecule has 0 aliphatic rings. The highest BCUT2D eigenvalue weighted by molar-refractivity contribution is 7.99. The number of halogens is 3. The van der Waals surface area contributed by atoms with Gasteiger partial charge in [-0.05, 0) is 48.6 Å². The lowest BCUT2D eigenvalue weighted by Gasteiger charge is -2.07. The predicted molar refractivity (Wildman–Crippen MR) is 83.3 cm³/mol. The zero-order valence-corrected chi connectivity index (χ0v) is 13.6. The van der Waals surface area contributed by atoms with Crippen LogP contribution in [0.25, 0.3) is 0 Å². The maximum Gasteiger partial charge on any atom is 0.240 e. The van der Waals surface area contributed by atoms with Crippen LogP contribution in [0.2, 0.25) is 0 Å². The average molecular weight is 361 g/mol. The molecule has 0 atom stereocenters. The van der Waals surface area contributed by atoms with E-state index in [0.29, 0.717) is 18.2 Å². The van der Waals surface area contributed by atoms with Crippen LogP contribution in [0.3, 0.4) is 0 Å². The van der Waals surface area contributed by atoms with Crippen molar-refractivity contribution < 1.29 is 21.6 Å². The lowest BCUT2D eigenvalue weighted by molar-refractivity contribution is 0.561. The summed E-state index contributed by atoms with van der Waals surface area (Å²) in [6.07, 6.45) is 0.513. The summed E-state index contributed by atoms with van der Waals surface area (Å²) < 4.78 is 65.0. The summed E-state index contributed by atoms with van der Waals surface area (Å²) >= 11 is 1.46. The third-order valence-electron chi connectivity index (χ3n) is 2.84. The molecule has 1 N–H and O–H groups in total. The fraction of sp³-hybridized carbons (Fsp3) is 0.200. The maximum atomic E-state index is 13.1. The van der Waals surface area contributed by atoms with Crippen LogP contribution >= 0.6 is 11.8 Å². The van der Waals surface area contributed by atoms with Crippen molar-refractivity contribution in [3.63, 3.8) is 0 Å². The second kappa shape index (κ2) is 7.85. The second-order valence-electron chi connectivity index (χ2n) is 4.66. The summed E-state index contributed by atoms with van der Waals surface area (Å²) in [5.74, 6) is -1.59. The fourth-order valence-corrected chi connectivity index (χ4v) is 3.73. The molecule has 3 nitrogen and oxygen atoms in total. The highest BCUT2D eigenvalue weighted by Crippen LogP contribution is 2.19. The molecule has 2 aromatic rings. The minimum Gasteiger partial charge on any atom is -0.211 e. The predicted octanol–water partition coefficient (Wildman–Crippen LogP) is 3.56. The molecule has 0 saturated heterocycles. The summed E-state index contributed by atoms with van der Waals surface area (Å²) in [7, 11) is -3.94. The first-order valence-corrected chi connectivity index (χ1v) is 9.18. The number of hydrogen-bond donors (Lipinski definition) is 1. The third kappa shape index (κ3) is 5.56. The Morgan fingerprint density at radius 3 is 2.13 bits per heavy atom. The van der Waals surface area contributed by atoms with E-state index in [4.69, 9.17) is 0 Å². The average Bonchev–Trinajstić information content (AvgIpc) is 2.48. The van der Waals surface area contributed by atoms with Crippen LogP contribution in [0.4, 0.5) is 13.2 Å². The van der Waals surface area contributed by atoms with E-state index < -0.39 is 26.6 Å². The molecule has 0 bridgehead atoms. The summed E-state index contributed by atoms with van der Waals surface area (Å²) in [5.41, 5.74) is 0. The number of sulfonamides is 1. The first-order chi connectivity index (χ1) is 10.9. The van der Waals surface area contributed by atoms with Gasteiger partial charge in [-0.1, -0.05) is 0 Å². The van der Waals surface area contributed by atoms with E-state index in [2.05, 4.69) is 4.72 Å². The van der Waals surface area contributed by atoms with Crippen LogP contribution in [0.15, 0.2) is 52.3 Å². The fourth-order valence-electron chi connectivity index (χ4n) is 1.77. The Balaban J connectivity index is 1.82. The molecule has 0 aliphatic carbocycles. The highest BCUT2D eigenvalue weighted by atomic mass is 32.2. The molecule has 2 rings (SSSR count). The van der Waals surface area contributed by atoms with Crippen molar-refractivity contribution in [2.45, 2.75) is 16.2 Å². The Kier molecular flexibility index (Phi) is 6.09. The summed E-state index contributed by atoms with van der Waals surface area (Å²) in [6, 6.07) is 8.11. The van der Waals surface area contributed by atoms with Crippen molar-refractivity contribution in [2.24, 2.45) is 0 Å². The van der Waals surface area contributed by atoms with Gasteiger partial charge in [-0.25, -0.2) is 26.3 Å². The zero-order chi connectivity index (χ0) is 16.9. The molecule has 8 heteroatoms. The summed E-state index contributed by atoms with van der Waals surface area (Å²) in [4.78, 5) is 0.433. The monoisotopic (exact) mass is 361 g/mol. The molecule has 23 heavy (non-hydrogen) atoms. The smallest absolute Gasteiger partial charge is 0.211 e. The van der Waals surface area contributed by atoms with Crippen molar-refractivity contribution in [1.29, 1.82) is 0 Å². The van der Waals surface area contributed by atoms with Crippen LogP contribution in [-0.2, 0) is 10.0 Å². The third-order valence-corrected chi connectivity index (χ3v) is 5.38. The van der Waals surface area contributed by atoms with Gasteiger partial charge < -0.3 is 0 Å². The SMILES string of the molecule is O=S(=O)(NCCCSc1ccc(F)cc1)c1cc(F)cc(F)c1. The highest BCUT2D eigenvalue weighted by Gasteiger charge is 2.15. The normalized spacial score (nSPS) is 11.6. The largest absolute Gasteiger partial charge is 0.240 e. The van der Waals surface area contributed by atoms with Crippen molar-refractivity contribution >= 4 is 21.8 Å². The van der Waals surface area contributed by atoms with Gasteiger partial charge in [-0.2, -0.15) is 0 Å². The summed E-state index contributed by atoms with van der Waals surface area (Å²) in [6.45, 7) is 0.134. The number of benzene rings is 2. The molecule has 0 amide bonds. The second-order valence-corrected chi connectivity index (χ2v) is 7.59. The molecule has 0 saturated carbocycles. The first kappa shape index (κ1) is 17.8. The van der Waals surface area contributed by atoms with Gasteiger partial charge in [0.05, 0.1) is 4.90 Å². The topological polar surface area (TPSA) is 46.2 Å². The number of nitrogens with one attached hydrogen (secondary N) is 1. The van der Waals surface area contributed by atoms with Gasteiger partial charge in [0, 0.05) is 17.5 Å². The molecule has 0 unspecified atom stereocenters. The lowest BCUT2D eigenvalue weighted by atomic mass is 10.3. The first-order valence-electron chi connectivity index (χ1n) is 6.71. The molecular weight excluding hydrogens is 347 g/mol. The molecule has 0 aliphatic heterocycles. The van der Waals surface area contributed by atoms with Gasteiger partial charge in [0.2, 0.25) is 10.0 Å². The van der Waals surface area contributed by atoms with Crippen LogP contribution in [-0.4, -0.2) is 20.7 Å². The quantitative estimate of drug-likeness (QED) is 0.606. The Hall–Kier alpha value is -1.51. The van der Waals surface area contributed by atoms with E-state index in [9.17, 15) is 21.6 Å². The summed E-state index contributed by atoms with van der Waals surface area (Å²) in [5, 5.41) is 0. The minimum absolute atomic E-state index is 0.134. The molecule has 124 valence electrons. The van der Waals surface area contributed by atoms with Gasteiger partial charge in [0.1, 0.15) is 17.5 Å².